The minimum absolute atomic E-state index is 0.107. The summed E-state index contributed by atoms with van der Waals surface area (Å²) in [4.78, 5) is 18.1. The van der Waals surface area contributed by atoms with E-state index in [0.717, 1.165) is 18.7 Å². The SMILES string of the molecule is CCN(CC)C(=O)N1CCN(c2nnc(-c3ccccc3)o2)CC1. The van der Waals surface area contributed by atoms with Gasteiger partial charge in [-0.3, -0.25) is 0 Å². The number of aromatic nitrogens is 2. The van der Waals surface area contributed by atoms with Gasteiger partial charge in [-0.25, -0.2) is 4.79 Å². The Morgan fingerprint density at radius 3 is 2.38 bits per heavy atom. The summed E-state index contributed by atoms with van der Waals surface area (Å²) in [6.45, 7) is 8.20. The van der Waals surface area contributed by atoms with Gasteiger partial charge in [0.1, 0.15) is 0 Å². The number of carbonyl (C=O) groups excluding carboxylic acids is 1. The molecule has 7 nitrogen and oxygen atoms in total. The predicted molar refractivity (Wildman–Crippen MR) is 91.8 cm³/mol. The summed E-state index contributed by atoms with van der Waals surface area (Å²) in [5.74, 6) is 0.521. The van der Waals surface area contributed by atoms with E-state index in [4.69, 9.17) is 4.42 Å². The van der Waals surface area contributed by atoms with Crippen LogP contribution in [0.4, 0.5) is 10.8 Å². The number of urea groups is 1. The number of hydrogen-bond donors (Lipinski definition) is 0. The molecule has 24 heavy (non-hydrogen) atoms. The van der Waals surface area contributed by atoms with E-state index in [1.54, 1.807) is 0 Å². The Morgan fingerprint density at radius 1 is 1.08 bits per heavy atom. The van der Waals surface area contributed by atoms with Crippen molar-refractivity contribution in [2.24, 2.45) is 0 Å². The summed E-state index contributed by atoms with van der Waals surface area (Å²) in [6.07, 6.45) is 0. The topological polar surface area (TPSA) is 65.7 Å². The van der Waals surface area contributed by atoms with Gasteiger partial charge in [0.15, 0.2) is 0 Å². The fourth-order valence-electron chi connectivity index (χ4n) is 2.82. The molecular weight excluding hydrogens is 306 g/mol. The number of amides is 2. The minimum Gasteiger partial charge on any atom is -0.403 e. The first-order valence-corrected chi connectivity index (χ1v) is 8.40. The molecule has 2 amide bonds. The van der Waals surface area contributed by atoms with Gasteiger partial charge in [0, 0.05) is 44.8 Å². The molecule has 1 aromatic heterocycles. The average Bonchev–Trinajstić information content (AvgIpc) is 3.14. The highest BCUT2D eigenvalue weighted by Crippen LogP contribution is 2.22. The molecule has 2 heterocycles. The molecule has 1 fully saturated rings. The molecule has 1 aromatic carbocycles. The largest absolute Gasteiger partial charge is 0.403 e. The van der Waals surface area contributed by atoms with E-state index < -0.39 is 0 Å². The van der Waals surface area contributed by atoms with Crippen LogP contribution in [0, 0.1) is 0 Å². The number of nitrogens with zero attached hydrogens (tertiary/aromatic N) is 5. The second-order valence-electron chi connectivity index (χ2n) is 5.68. The van der Waals surface area contributed by atoms with Crippen LogP contribution in [0.3, 0.4) is 0 Å². The summed E-state index contributed by atoms with van der Waals surface area (Å²) in [5.41, 5.74) is 0.909. The third kappa shape index (κ3) is 3.34. The van der Waals surface area contributed by atoms with Crippen molar-refractivity contribution in [3.05, 3.63) is 30.3 Å². The van der Waals surface area contributed by atoms with Crippen LogP contribution in [0.15, 0.2) is 34.7 Å². The zero-order valence-corrected chi connectivity index (χ0v) is 14.2. The average molecular weight is 329 g/mol. The van der Waals surface area contributed by atoms with Crippen molar-refractivity contribution in [1.82, 2.24) is 20.0 Å². The van der Waals surface area contributed by atoms with Crippen LogP contribution in [-0.2, 0) is 0 Å². The lowest BCUT2D eigenvalue weighted by atomic mass is 10.2. The second-order valence-corrected chi connectivity index (χ2v) is 5.68. The zero-order valence-electron chi connectivity index (χ0n) is 14.2. The van der Waals surface area contributed by atoms with Crippen molar-refractivity contribution in [3.8, 4) is 11.5 Å². The van der Waals surface area contributed by atoms with Gasteiger partial charge in [-0.15, -0.1) is 5.10 Å². The maximum Gasteiger partial charge on any atom is 0.320 e. The van der Waals surface area contributed by atoms with Gasteiger partial charge < -0.3 is 19.1 Å². The Morgan fingerprint density at radius 2 is 1.75 bits per heavy atom. The Balaban J connectivity index is 1.61. The van der Waals surface area contributed by atoms with Gasteiger partial charge in [0.05, 0.1) is 0 Å². The van der Waals surface area contributed by atoms with E-state index in [0.29, 0.717) is 38.1 Å². The molecule has 1 aliphatic rings. The summed E-state index contributed by atoms with van der Waals surface area (Å²) >= 11 is 0. The van der Waals surface area contributed by atoms with Crippen molar-refractivity contribution < 1.29 is 9.21 Å². The van der Waals surface area contributed by atoms with Crippen LogP contribution in [0.2, 0.25) is 0 Å². The molecule has 0 unspecified atom stereocenters. The Bertz CT molecular complexity index is 661. The van der Waals surface area contributed by atoms with E-state index in [9.17, 15) is 4.79 Å². The van der Waals surface area contributed by atoms with E-state index >= 15 is 0 Å². The van der Waals surface area contributed by atoms with Gasteiger partial charge in [0.25, 0.3) is 0 Å². The molecule has 0 N–H and O–H groups in total. The Kier molecular flexibility index (Phi) is 4.98. The molecule has 7 heteroatoms. The predicted octanol–water partition coefficient (Wildman–Crippen LogP) is 2.32. The lowest BCUT2D eigenvalue weighted by Crippen LogP contribution is -2.53. The monoisotopic (exact) mass is 329 g/mol. The van der Waals surface area contributed by atoms with Crippen molar-refractivity contribution in [3.63, 3.8) is 0 Å². The van der Waals surface area contributed by atoms with Gasteiger partial charge in [-0.2, -0.15) is 0 Å². The molecule has 0 spiro atoms. The van der Waals surface area contributed by atoms with Crippen LogP contribution < -0.4 is 4.90 Å². The normalized spacial score (nSPS) is 14.8. The lowest BCUT2D eigenvalue weighted by molar-refractivity contribution is 0.154. The van der Waals surface area contributed by atoms with E-state index in [-0.39, 0.29) is 6.03 Å². The van der Waals surface area contributed by atoms with Crippen LogP contribution in [0.1, 0.15) is 13.8 Å². The van der Waals surface area contributed by atoms with Gasteiger partial charge in [-0.05, 0) is 26.0 Å². The molecule has 0 radical (unpaired) electrons. The van der Waals surface area contributed by atoms with Crippen molar-refractivity contribution in [2.45, 2.75) is 13.8 Å². The van der Waals surface area contributed by atoms with Crippen LogP contribution in [0.5, 0.6) is 0 Å². The first kappa shape index (κ1) is 16.3. The van der Waals surface area contributed by atoms with Crippen molar-refractivity contribution in [1.29, 1.82) is 0 Å². The maximum atomic E-state index is 12.4. The third-order valence-corrected chi connectivity index (χ3v) is 4.29. The number of piperazine rings is 1. The minimum atomic E-state index is 0.107. The summed E-state index contributed by atoms with van der Waals surface area (Å²) in [7, 11) is 0. The van der Waals surface area contributed by atoms with E-state index in [1.807, 2.05) is 58.9 Å². The lowest BCUT2D eigenvalue weighted by Gasteiger charge is -2.36. The molecule has 1 aliphatic heterocycles. The Labute approximate surface area is 141 Å². The molecule has 0 bridgehead atoms. The van der Waals surface area contributed by atoms with Crippen molar-refractivity contribution in [2.75, 3.05) is 44.2 Å². The van der Waals surface area contributed by atoms with Gasteiger partial charge >= 0.3 is 12.0 Å². The molecule has 3 rings (SSSR count). The number of anilines is 1. The number of hydrogen-bond acceptors (Lipinski definition) is 5. The maximum absolute atomic E-state index is 12.4. The van der Waals surface area contributed by atoms with Crippen LogP contribution >= 0.6 is 0 Å². The molecule has 128 valence electrons. The molecule has 0 aliphatic carbocycles. The molecule has 0 atom stereocenters. The third-order valence-electron chi connectivity index (χ3n) is 4.29. The Hall–Kier alpha value is -2.57. The molecule has 0 saturated carbocycles. The smallest absolute Gasteiger partial charge is 0.320 e. The fourth-order valence-corrected chi connectivity index (χ4v) is 2.82. The fraction of sp³-hybridized carbons (Fsp3) is 0.471. The highest BCUT2D eigenvalue weighted by atomic mass is 16.4. The first-order valence-electron chi connectivity index (χ1n) is 8.40. The number of rotatable bonds is 4. The highest BCUT2D eigenvalue weighted by Gasteiger charge is 2.26. The summed E-state index contributed by atoms with van der Waals surface area (Å²) in [6, 6.07) is 10.3. The van der Waals surface area contributed by atoms with Crippen LogP contribution in [0.25, 0.3) is 11.5 Å². The molecule has 1 saturated heterocycles. The summed E-state index contributed by atoms with van der Waals surface area (Å²) in [5, 5.41) is 8.27. The first-order chi connectivity index (χ1) is 11.7. The highest BCUT2D eigenvalue weighted by molar-refractivity contribution is 5.74. The van der Waals surface area contributed by atoms with Crippen LogP contribution in [-0.4, -0.2) is 65.3 Å². The van der Waals surface area contributed by atoms with E-state index in [2.05, 4.69) is 10.2 Å². The zero-order chi connectivity index (χ0) is 16.9. The van der Waals surface area contributed by atoms with Gasteiger partial charge in [0.2, 0.25) is 5.89 Å². The molecular formula is C17H23N5O2. The van der Waals surface area contributed by atoms with Crippen molar-refractivity contribution >= 4 is 12.0 Å². The quantitative estimate of drug-likeness (QED) is 0.861. The molecule has 2 aromatic rings. The van der Waals surface area contributed by atoms with E-state index in [1.165, 1.54) is 0 Å². The summed E-state index contributed by atoms with van der Waals surface area (Å²) < 4.78 is 5.78. The number of benzene rings is 1. The number of carbonyl (C=O) groups is 1. The van der Waals surface area contributed by atoms with Gasteiger partial charge in [-0.1, -0.05) is 23.3 Å². The standard InChI is InChI=1S/C17H23N5O2/c1-3-20(4-2)17(23)22-12-10-21(11-13-22)16-19-18-15(24-16)14-8-6-5-7-9-14/h5-9H,3-4,10-13H2,1-2H3. The second kappa shape index (κ2) is 7.33.